The van der Waals surface area contributed by atoms with Crippen LogP contribution < -0.4 is 0 Å². The lowest BCUT2D eigenvalue weighted by molar-refractivity contribution is -0.177. The van der Waals surface area contributed by atoms with Crippen molar-refractivity contribution in [1.82, 2.24) is 9.96 Å². The second-order valence-electron chi connectivity index (χ2n) is 3.52. The van der Waals surface area contributed by atoms with Crippen LogP contribution in [-0.4, -0.2) is 49.2 Å². The Labute approximate surface area is 72.0 Å². The van der Waals surface area contributed by atoms with Gasteiger partial charge in [0.25, 0.3) is 0 Å². The molecule has 2 saturated heterocycles. The molecule has 0 N–H and O–H groups in total. The van der Waals surface area contributed by atoms with Gasteiger partial charge >= 0.3 is 0 Å². The minimum absolute atomic E-state index is 0.293. The molecular weight excluding hydrogens is 156 g/mol. The quantitative estimate of drug-likeness (QED) is 0.431. The van der Waals surface area contributed by atoms with Crippen LogP contribution in [0.3, 0.4) is 0 Å². The van der Waals surface area contributed by atoms with E-state index in [0.717, 1.165) is 19.5 Å². The van der Waals surface area contributed by atoms with Crippen LogP contribution in [0.1, 0.15) is 6.42 Å². The SMILES string of the molecule is CON(C=O)C1CN2CCC1C2. The van der Waals surface area contributed by atoms with Gasteiger partial charge in [-0.05, 0) is 18.9 Å². The van der Waals surface area contributed by atoms with Gasteiger partial charge in [0.15, 0.2) is 0 Å². The average molecular weight is 170 g/mol. The van der Waals surface area contributed by atoms with Crippen LogP contribution in [0.5, 0.6) is 0 Å². The summed E-state index contributed by atoms with van der Waals surface area (Å²) >= 11 is 0. The fraction of sp³-hybridized carbons (Fsp3) is 0.875. The van der Waals surface area contributed by atoms with E-state index in [2.05, 4.69) is 4.90 Å². The third kappa shape index (κ3) is 1.11. The van der Waals surface area contributed by atoms with E-state index >= 15 is 0 Å². The maximum absolute atomic E-state index is 10.6. The molecule has 4 heteroatoms. The molecule has 3 unspecified atom stereocenters. The highest BCUT2D eigenvalue weighted by Crippen LogP contribution is 2.30. The van der Waals surface area contributed by atoms with E-state index < -0.39 is 0 Å². The first kappa shape index (κ1) is 8.01. The lowest BCUT2D eigenvalue weighted by atomic mass is 10.0. The van der Waals surface area contributed by atoms with Crippen LogP contribution in [0, 0.1) is 5.92 Å². The van der Waals surface area contributed by atoms with E-state index in [1.54, 1.807) is 7.11 Å². The summed E-state index contributed by atoms with van der Waals surface area (Å²) < 4.78 is 0. The van der Waals surface area contributed by atoms with Crippen LogP contribution in [0.25, 0.3) is 0 Å². The molecule has 2 heterocycles. The molecule has 0 aromatic carbocycles. The molecule has 2 aliphatic rings. The molecule has 3 atom stereocenters. The zero-order chi connectivity index (χ0) is 8.55. The van der Waals surface area contributed by atoms with E-state index in [9.17, 15) is 4.79 Å². The number of carbonyl (C=O) groups excluding carboxylic acids is 1. The number of rotatable bonds is 3. The summed E-state index contributed by atoms with van der Waals surface area (Å²) in [7, 11) is 1.55. The molecule has 0 aliphatic carbocycles. The number of nitrogens with zero attached hydrogens (tertiary/aromatic N) is 2. The maximum Gasteiger partial charge on any atom is 0.233 e. The third-order valence-corrected chi connectivity index (χ3v) is 2.94. The lowest BCUT2D eigenvalue weighted by Gasteiger charge is -2.28. The fourth-order valence-electron chi connectivity index (χ4n) is 2.30. The fourth-order valence-corrected chi connectivity index (χ4v) is 2.30. The molecule has 4 nitrogen and oxygen atoms in total. The van der Waals surface area contributed by atoms with Gasteiger partial charge in [0.2, 0.25) is 6.41 Å². The van der Waals surface area contributed by atoms with Crippen molar-refractivity contribution in [2.75, 3.05) is 26.7 Å². The molecular formula is C8H14N2O2. The highest BCUT2D eigenvalue weighted by atomic mass is 16.7. The van der Waals surface area contributed by atoms with Crippen molar-refractivity contribution in [2.24, 2.45) is 5.92 Å². The van der Waals surface area contributed by atoms with Gasteiger partial charge in [0.1, 0.15) is 0 Å². The van der Waals surface area contributed by atoms with Gasteiger partial charge in [-0.3, -0.25) is 9.63 Å². The number of hydroxylamine groups is 2. The molecule has 0 aromatic heterocycles. The predicted molar refractivity (Wildman–Crippen MR) is 43.2 cm³/mol. The van der Waals surface area contributed by atoms with Crippen molar-refractivity contribution in [3.05, 3.63) is 0 Å². The summed E-state index contributed by atoms with van der Waals surface area (Å²) in [6.07, 6.45) is 1.99. The Morgan fingerprint density at radius 2 is 2.42 bits per heavy atom. The molecule has 0 aromatic rings. The standard InChI is InChI=1S/C8H14N2O2/c1-12-10(6-11)8-5-9-3-2-7(8)4-9/h6-8H,2-5H2,1H3. The number of fused-ring (bicyclic) bond motifs is 2. The Morgan fingerprint density at radius 1 is 1.58 bits per heavy atom. The lowest BCUT2D eigenvalue weighted by Crippen LogP contribution is -2.42. The topological polar surface area (TPSA) is 32.8 Å². The van der Waals surface area contributed by atoms with Crippen molar-refractivity contribution in [2.45, 2.75) is 12.5 Å². The molecule has 68 valence electrons. The Bertz CT molecular complexity index is 186. The first-order valence-electron chi connectivity index (χ1n) is 4.35. The van der Waals surface area contributed by atoms with Gasteiger partial charge in [-0.25, -0.2) is 5.06 Å². The normalized spacial score (nSPS) is 38.6. The minimum Gasteiger partial charge on any atom is -0.301 e. The second kappa shape index (κ2) is 3.03. The molecule has 2 fully saturated rings. The minimum atomic E-state index is 0.293. The third-order valence-electron chi connectivity index (χ3n) is 2.94. The summed E-state index contributed by atoms with van der Waals surface area (Å²) in [5.41, 5.74) is 0. The Morgan fingerprint density at radius 3 is 2.83 bits per heavy atom. The van der Waals surface area contributed by atoms with Crippen molar-refractivity contribution in [1.29, 1.82) is 0 Å². The van der Waals surface area contributed by atoms with Gasteiger partial charge < -0.3 is 4.90 Å². The Kier molecular flexibility index (Phi) is 2.02. The van der Waals surface area contributed by atoms with Crippen LogP contribution in [0.2, 0.25) is 0 Å². The highest BCUT2D eigenvalue weighted by Gasteiger charge is 2.41. The van der Waals surface area contributed by atoms with E-state index in [1.807, 2.05) is 0 Å². The van der Waals surface area contributed by atoms with Gasteiger partial charge in [0, 0.05) is 13.1 Å². The smallest absolute Gasteiger partial charge is 0.233 e. The first-order valence-corrected chi connectivity index (χ1v) is 4.35. The number of carbonyl (C=O) groups is 1. The number of hydrogen-bond acceptors (Lipinski definition) is 3. The molecule has 0 spiro atoms. The van der Waals surface area contributed by atoms with Crippen molar-refractivity contribution < 1.29 is 9.63 Å². The zero-order valence-corrected chi connectivity index (χ0v) is 7.27. The average Bonchev–Trinajstić information content (AvgIpc) is 2.67. The van der Waals surface area contributed by atoms with Crippen molar-refractivity contribution >= 4 is 6.41 Å². The van der Waals surface area contributed by atoms with Crippen LogP contribution >= 0.6 is 0 Å². The molecule has 2 aliphatic heterocycles. The van der Waals surface area contributed by atoms with Gasteiger partial charge in [-0.1, -0.05) is 0 Å². The van der Waals surface area contributed by atoms with E-state index in [4.69, 9.17) is 4.84 Å². The van der Waals surface area contributed by atoms with E-state index in [1.165, 1.54) is 18.0 Å². The molecule has 0 radical (unpaired) electrons. The van der Waals surface area contributed by atoms with E-state index in [0.29, 0.717) is 12.0 Å². The highest BCUT2D eigenvalue weighted by molar-refractivity contribution is 5.46. The largest absolute Gasteiger partial charge is 0.301 e. The van der Waals surface area contributed by atoms with Gasteiger partial charge in [-0.15, -0.1) is 0 Å². The summed E-state index contributed by atoms with van der Waals surface area (Å²) in [4.78, 5) is 17.9. The second-order valence-corrected chi connectivity index (χ2v) is 3.52. The number of hydrogen-bond donors (Lipinski definition) is 0. The maximum atomic E-state index is 10.6. The predicted octanol–water partition coefficient (Wildman–Crippen LogP) is -0.290. The van der Waals surface area contributed by atoms with Crippen LogP contribution in [0.4, 0.5) is 0 Å². The summed E-state index contributed by atoms with van der Waals surface area (Å²) in [6, 6.07) is 0.293. The van der Waals surface area contributed by atoms with Crippen LogP contribution in [0.15, 0.2) is 0 Å². The Balaban J connectivity index is 2.00. The molecule has 0 saturated carbocycles. The van der Waals surface area contributed by atoms with Gasteiger partial charge in [0.05, 0.1) is 13.2 Å². The summed E-state index contributed by atoms with van der Waals surface area (Å²) in [5.74, 6) is 0.634. The molecule has 1 amide bonds. The van der Waals surface area contributed by atoms with Gasteiger partial charge in [-0.2, -0.15) is 0 Å². The first-order chi connectivity index (χ1) is 5.85. The number of amides is 1. The molecule has 2 rings (SSSR count). The van der Waals surface area contributed by atoms with E-state index in [-0.39, 0.29) is 0 Å². The van der Waals surface area contributed by atoms with Crippen molar-refractivity contribution in [3.8, 4) is 0 Å². The summed E-state index contributed by atoms with van der Waals surface area (Å²) in [6.45, 7) is 3.31. The Hall–Kier alpha value is -0.610. The zero-order valence-electron chi connectivity index (χ0n) is 7.27. The molecule has 12 heavy (non-hydrogen) atoms. The van der Waals surface area contributed by atoms with Crippen molar-refractivity contribution in [3.63, 3.8) is 0 Å². The summed E-state index contributed by atoms with van der Waals surface area (Å²) in [5, 5.41) is 1.45. The molecule has 2 bridgehead atoms. The van der Waals surface area contributed by atoms with Crippen LogP contribution in [-0.2, 0) is 9.63 Å². The monoisotopic (exact) mass is 170 g/mol. The number of piperidine rings is 1.